The molecule has 27 heavy (non-hydrogen) atoms. The van der Waals surface area contributed by atoms with Crippen molar-refractivity contribution in [2.75, 3.05) is 40.4 Å². The third-order valence-corrected chi connectivity index (χ3v) is 5.81. The van der Waals surface area contributed by atoms with Gasteiger partial charge in [0, 0.05) is 43.2 Å². The number of ether oxygens (including phenoxy) is 2. The lowest BCUT2D eigenvalue weighted by molar-refractivity contribution is 0.134. The van der Waals surface area contributed by atoms with Gasteiger partial charge in [-0.05, 0) is 30.3 Å². The SMILES string of the molecule is COc1ccc(OC)c(CN2CCN(C(=O)NCc3ccc(Cl)s3)CC2)c1. The zero-order valence-electron chi connectivity index (χ0n) is 15.5. The number of urea groups is 1. The van der Waals surface area contributed by atoms with Crippen molar-refractivity contribution < 1.29 is 14.3 Å². The van der Waals surface area contributed by atoms with Crippen LogP contribution in [0.3, 0.4) is 0 Å². The Morgan fingerprint density at radius 3 is 2.56 bits per heavy atom. The number of benzene rings is 1. The third-order valence-electron chi connectivity index (χ3n) is 4.58. The van der Waals surface area contributed by atoms with Gasteiger partial charge in [-0.1, -0.05) is 11.6 Å². The largest absolute Gasteiger partial charge is 0.497 e. The van der Waals surface area contributed by atoms with Gasteiger partial charge in [-0.3, -0.25) is 4.90 Å². The average molecular weight is 410 g/mol. The molecule has 0 radical (unpaired) electrons. The van der Waals surface area contributed by atoms with Crippen molar-refractivity contribution in [2.45, 2.75) is 13.1 Å². The molecule has 146 valence electrons. The second-order valence-electron chi connectivity index (χ2n) is 6.31. The number of methoxy groups -OCH3 is 2. The topological polar surface area (TPSA) is 54.0 Å². The number of rotatable bonds is 6. The van der Waals surface area contributed by atoms with E-state index in [4.69, 9.17) is 21.1 Å². The zero-order chi connectivity index (χ0) is 19.2. The molecule has 1 aromatic heterocycles. The molecule has 0 aliphatic carbocycles. The minimum atomic E-state index is -0.0295. The fraction of sp³-hybridized carbons (Fsp3) is 0.421. The number of carbonyl (C=O) groups is 1. The van der Waals surface area contributed by atoms with E-state index in [0.717, 1.165) is 45.9 Å². The van der Waals surface area contributed by atoms with Gasteiger partial charge in [0.05, 0.1) is 25.1 Å². The number of piperazine rings is 1. The molecule has 2 heterocycles. The van der Waals surface area contributed by atoms with Crippen LogP contribution in [0.15, 0.2) is 30.3 Å². The monoisotopic (exact) mass is 409 g/mol. The van der Waals surface area contributed by atoms with Gasteiger partial charge in [-0.2, -0.15) is 0 Å². The molecule has 3 rings (SSSR count). The van der Waals surface area contributed by atoms with Gasteiger partial charge in [0.2, 0.25) is 0 Å². The molecular weight excluding hydrogens is 386 g/mol. The second-order valence-corrected chi connectivity index (χ2v) is 8.11. The number of carbonyl (C=O) groups excluding carboxylic acids is 1. The highest BCUT2D eigenvalue weighted by molar-refractivity contribution is 7.16. The maximum atomic E-state index is 12.4. The van der Waals surface area contributed by atoms with E-state index in [-0.39, 0.29) is 6.03 Å². The average Bonchev–Trinajstić information content (AvgIpc) is 3.12. The van der Waals surface area contributed by atoms with Gasteiger partial charge in [0.15, 0.2) is 0 Å². The van der Waals surface area contributed by atoms with Crippen molar-refractivity contribution in [3.63, 3.8) is 0 Å². The first-order valence-electron chi connectivity index (χ1n) is 8.79. The maximum absolute atomic E-state index is 12.4. The van der Waals surface area contributed by atoms with Crippen LogP contribution in [0.2, 0.25) is 4.34 Å². The van der Waals surface area contributed by atoms with Crippen LogP contribution in [-0.2, 0) is 13.1 Å². The molecule has 0 spiro atoms. The first-order chi connectivity index (χ1) is 13.1. The Morgan fingerprint density at radius 2 is 1.93 bits per heavy atom. The molecular formula is C19H24ClN3O3S. The van der Waals surface area contributed by atoms with E-state index in [0.29, 0.717) is 19.6 Å². The van der Waals surface area contributed by atoms with Gasteiger partial charge >= 0.3 is 6.03 Å². The predicted molar refractivity (Wildman–Crippen MR) is 108 cm³/mol. The third kappa shape index (κ3) is 5.28. The van der Waals surface area contributed by atoms with Crippen molar-refractivity contribution in [3.05, 3.63) is 45.1 Å². The highest BCUT2D eigenvalue weighted by atomic mass is 35.5. The van der Waals surface area contributed by atoms with Crippen LogP contribution in [0, 0.1) is 0 Å². The zero-order valence-corrected chi connectivity index (χ0v) is 17.1. The second kappa shape index (κ2) is 9.30. The summed E-state index contributed by atoms with van der Waals surface area (Å²) in [4.78, 5) is 17.6. The summed E-state index contributed by atoms with van der Waals surface area (Å²) in [6.07, 6.45) is 0. The molecule has 1 fully saturated rings. The van der Waals surface area contributed by atoms with Gasteiger partial charge in [0.1, 0.15) is 11.5 Å². The van der Waals surface area contributed by atoms with E-state index in [1.165, 1.54) is 11.3 Å². The normalized spacial score (nSPS) is 14.9. The van der Waals surface area contributed by atoms with E-state index in [1.807, 2.05) is 35.2 Å². The highest BCUT2D eigenvalue weighted by Gasteiger charge is 2.22. The molecule has 0 saturated carbocycles. The number of hydrogen-bond donors (Lipinski definition) is 1. The number of thiophene rings is 1. The van der Waals surface area contributed by atoms with Crippen molar-refractivity contribution >= 4 is 29.0 Å². The summed E-state index contributed by atoms with van der Waals surface area (Å²) in [5, 5.41) is 2.96. The Kier molecular flexibility index (Phi) is 6.82. The van der Waals surface area contributed by atoms with Crippen LogP contribution in [0.25, 0.3) is 0 Å². The van der Waals surface area contributed by atoms with E-state index < -0.39 is 0 Å². The lowest BCUT2D eigenvalue weighted by atomic mass is 10.1. The number of amides is 2. The van der Waals surface area contributed by atoms with Crippen LogP contribution in [0.5, 0.6) is 11.5 Å². The minimum absolute atomic E-state index is 0.0295. The van der Waals surface area contributed by atoms with Gasteiger partial charge in [-0.25, -0.2) is 4.79 Å². The Labute approximate surface area is 168 Å². The summed E-state index contributed by atoms with van der Waals surface area (Å²) in [5.74, 6) is 1.67. The molecule has 1 aliphatic rings. The summed E-state index contributed by atoms with van der Waals surface area (Å²) in [5.41, 5.74) is 1.09. The Morgan fingerprint density at radius 1 is 1.15 bits per heavy atom. The van der Waals surface area contributed by atoms with Gasteiger partial charge in [0.25, 0.3) is 0 Å². The first kappa shape index (κ1) is 19.8. The molecule has 0 atom stereocenters. The fourth-order valence-corrected chi connectivity index (χ4v) is 4.10. The predicted octanol–water partition coefficient (Wildman–Crippen LogP) is 3.45. The number of hydrogen-bond acceptors (Lipinski definition) is 5. The van der Waals surface area contributed by atoms with Crippen molar-refractivity contribution in [1.82, 2.24) is 15.1 Å². The van der Waals surface area contributed by atoms with E-state index >= 15 is 0 Å². The molecule has 2 aromatic rings. The van der Waals surface area contributed by atoms with Crippen molar-refractivity contribution in [2.24, 2.45) is 0 Å². The summed E-state index contributed by atoms with van der Waals surface area (Å²) in [7, 11) is 3.33. The quantitative estimate of drug-likeness (QED) is 0.794. The van der Waals surface area contributed by atoms with Crippen molar-refractivity contribution in [1.29, 1.82) is 0 Å². The summed E-state index contributed by atoms with van der Waals surface area (Å²) in [6.45, 7) is 4.31. The molecule has 1 aliphatic heterocycles. The number of nitrogens with one attached hydrogen (secondary N) is 1. The van der Waals surface area contributed by atoms with Crippen LogP contribution in [0.4, 0.5) is 4.79 Å². The standard InChI is InChI=1S/C19H24ClN3O3S/c1-25-15-3-5-17(26-2)14(11-15)13-22-7-9-23(10-8-22)19(24)21-12-16-4-6-18(20)27-16/h3-6,11H,7-10,12-13H2,1-2H3,(H,21,24). The molecule has 0 bridgehead atoms. The van der Waals surface area contributed by atoms with Crippen LogP contribution in [0.1, 0.15) is 10.4 Å². The molecule has 6 nitrogen and oxygen atoms in total. The van der Waals surface area contributed by atoms with E-state index in [2.05, 4.69) is 10.2 Å². The number of halogens is 1. The summed E-state index contributed by atoms with van der Waals surface area (Å²) >= 11 is 7.41. The first-order valence-corrected chi connectivity index (χ1v) is 9.98. The minimum Gasteiger partial charge on any atom is -0.497 e. The maximum Gasteiger partial charge on any atom is 0.317 e. The van der Waals surface area contributed by atoms with Crippen LogP contribution < -0.4 is 14.8 Å². The Hall–Kier alpha value is -1.96. The molecule has 1 N–H and O–H groups in total. The van der Waals surface area contributed by atoms with Gasteiger partial charge < -0.3 is 19.7 Å². The number of nitrogens with zero attached hydrogens (tertiary/aromatic N) is 2. The lowest BCUT2D eigenvalue weighted by Crippen LogP contribution is -2.51. The Bertz CT molecular complexity index is 775. The van der Waals surface area contributed by atoms with Crippen LogP contribution in [-0.4, -0.2) is 56.2 Å². The highest BCUT2D eigenvalue weighted by Crippen LogP contribution is 2.25. The summed E-state index contributed by atoms with van der Waals surface area (Å²) in [6, 6.07) is 9.58. The molecule has 1 aromatic carbocycles. The summed E-state index contributed by atoms with van der Waals surface area (Å²) < 4.78 is 11.5. The smallest absolute Gasteiger partial charge is 0.317 e. The van der Waals surface area contributed by atoms with Gasteiger partial charge in [-0.15, -0.1) is 11.3 Å². The molecule has 1 saturated heterocycles. The lowest BCUT2D eigenvalue weighted by Gasteiger charge is -2.34. The molecule has 8 heteroatoms. The van der Waals surface area contributed by atoms with Crippen molar-refractivity contribution in [3.8, 4) is 11.5 Å². The molecule has 0 unspecified atom stereocenters. The molecule has 2 amide bonds. The fourth-order valence-electron chi connectivity index (χ4n) is 3.08. The van der Waals surface area contributed by atoms with E-state index in [9.17, 15) is 4.79 Å². The van der Waals surface area contributed by atoms with Crippen LogP contribution >= 0.6 is 22.9 Å². The Balaban J connectivity index is 1.49. The van der Waals surface area contributed by atoms with E-state index in [1.54, 1.807) is 14.2 Å².